The van der Waals surface area contributed by atoms with Crippen molar-refractivity contribution in [1.29, 1.82) is 0 Å². The van der Waals surface area contributed by atoms with Gasteiger partial charge in [-0.15, -0.1) is 5.10 Å². The van der Waals surface area contributed by atoms with Crippen LogP contribution in [-0.4, -0.2) is 47.2 Å². The molecule has 0 N–H and O–H groups in total. The Labute approximate surface area is 113 Å². The van der Waals surface area contributed by atoms with Gasteiger partial charge in [-0.3, -0.25) is 4.79 Å². The summed E-state index contributed by atoms with van der Waals surface area (Å²) in [5.74, 6) is 1.32. The minimum absolute atomic E-state index is 0.245. The van der Waals surface area contributed by atoms with Gasteiger partial charge in [0, 0.05) is 39.0 Å². The second-order valence-corrected chi connectivity index (χ2v) is 5.30. The highest BCUT2D eigenvalue weighted by Gasteiger charge is 2.24. The number of rotatable bonds is 4. The van der Waals surface area contributed by atoms with Gasteiger partial charge in [0.25, 0.3) is 0 Å². The molecule has 1 saturated heterocycles. The SMILES string of the molecule is CCc1nnc(N2CCN(C(=O)CC(C)C)CC2)o1. The second-order valence-electron chi connectivity index (χ2n) is 5.30. The van der Waals surface area contributed by atoms with Crippen LogP contribution in [0.15, 0.2) is 4.42 Å². The number of anilines is 1. The van der Waals surface area contributed by atoms with Crippen LogP contribution in [0, 0.1) is 5.92 Å². The Morgan fingerprint density at radius 3 is 2.47 bits per heavy atom. The Balaban J connectivity index is 1.86. The van der Waals surface area contributed by atoms with Crippen LogP contribution in [0.3, 0.4) is 0 Å². The van der Waals surface area contributed by atoms with Crippen molar-refractivity contribution in [3.8, 4) is 0 Å². The first kappa shape index (κ1) is 13.8. The van der Waals surface area contributed by atoms with E-state index in [4.69, 9.17) is 4.42 Å². The molecule has 2 heterocycles. The molecule has 0 atom stereocenters. The monoisotopic (exact) mass is 266 g/mol. The molecule has 0 spiro atoms. The summed E-state index contributed by atoms with van der Waals surface area (Å²) in [5.41, 5.74) is 0. The Hall–Kier alpha value is -1.59. The third-order valence-electron chi connectivity index (χ3n) is 3.24. The summed E-state index contributed by atoms with van der Waals surface area (Å²) >= 11 is 0. The van der Waals surface area contributed by atoms with Crippen molar-refractivity contribution in [3.05, 3.63) is 5.89 Å². The molecule has 1 aliphatic rings. The van der Waals surface area contributed by atoms with E-state index in [0.29, 0.717) is 24.2 Å². The van der Waals surface area contributed by atoms with Crippen molar-refractivity contribution in [1.82, 2.24) is 15.1 Å². The van der Waals surface area contributed by atoms with Gasteiger partial charge in [0.2, 0.25) is 11.8 Å². The molecule has 1 aliphatic heterocycles. The van der Waals surface area contributed by atoms with Gasteiger partial charge in [-0.1, -0.05) is 25.9 Å². The fourth-order valence-electron chi connectivity index (χ4n) is 2.14. The smallest absolute Gasteiger partial charge is 0.318 e. The van der Waals surface area contributed by atoms with Crippen LogP contribution in [0.2, 0.25) is 0 Å². The maximum atomic E-state index is 12.0. The number of nitrogens with zero attached hydrogens (tertiary/aromatic N) is 4. The Kier molecular flexibility index (Phi) is 4.39. The summed E-state index contributed by atoms with van der Waals surface area (Å²) in [7, 11) is 0. The molecule has 19 heavy (non-hydrogen) atoms. The van der Waals surface area contributed by atoms with Crippen LogP contribution in [0.5, 0.6) is 0 Å². The second kappa shape index (κ2) is 6.04. The fourth-order valence-corrected chi connectivity index (χ4v) is 2.14. The Bertz CT molecular complexity index is 422. The van der Waals surface area contributed by atoms with Gasteiger partial charge in [0.1, 0.15) is 0 Å². The Morgan fingerprint density at radius 1 is 1.26 bits per heavy atom. The topological polar surface area (TPSA) is 62.5 Å². The molecule has 1 aromatic heterocycles. The number of hydrogen-bond donors (Lipinski definition) is 0. The van der Waals surface area contributed by atoms with Crippen LogP contribution >= 0.6 is 0 Å². The molecule has 1 aromatic rings. The third kappa shape index (κ3) is 3.45. The predicted octanol–water partition coefficient (Wildman–Crippen LogP) is 1.33. The van der Waals surface area contributed by atoms with Crippen LogP contribution < -0.4 is 4.90 Å². The summed E-state index contributed by atoms with van der Waals surface area (Å²) in [6, 6.07) is 0.577. The van der Waals surface area contributed by atoms with E-state index in [1.807, 2.05) is 16.7 Å². The maximum absolute atomic E-state index is 12.0. The van der Waals surface area contributed by atoms with Crippen LogP contribution in [-0.2, 0) is 11.2 Å². The van der Waals surface area contributed by atoms with E-state index in [2.05, 4.69) is 24.0 Å². The van der Waals surface area contributed by atoms with E-state index in [-0.39, 0.29) is 5.91 Å². The number of carbonyl (C=O) groups excluding carboxylic acids is 1. The number of aromatic nitrogens is 2. The predicted molar refractivity (Wildman–Crippen MR) is 71.9 cm³/mol. The van der Waals surface area contributed by atoms with Crippen molar-refractivity contribution < 1.29 is 9.21 Å². The van der Waals surface area contributed by atoms with Crippen molar-refractivity contribution >= 4 is 11.9 Å². The quantitative estimate of drug-likeness (QED) is 0.822. The zero-order valence-corrected chi connectivity index (χ0v) is 11.9. The highest BCUT2D eigenvalue weighted by molar-refractivity contribution is 5.76. The molecule has 0 saturated carbocycles. The van der Waals surface area contributed by atoms with E-state index >= 15 is 0 Å². The van der Waals surface area contributed by atoms with Crippen LogP contribution in [0.1, 0.15) is 33.1 Å². The van der Waals surface area contributed by atoms with Crippen molar-refractivity contribution in [3.63, 3.8) is 0 Å². The summed E-state index contributed by atoms with van der Waals surface area (Å²) < 4.78 is 5.53. The molecular weight excluding hydrogens is 244 g/mol. The number of aryl methyl sites for hydroxylation is 1. The van der Waals surface area contributed by atoms with Crippen molar-refractivity contribution in [2.45, 2.75) is 33.6 Å². The number of carbonyl (C=O) groups is 1. The van der Waals surface area contributed by atoms with Gasteiger partial charge in [0.05, 0.1) is 0 Å². The number of piperazine rings is 1. The number of amides is 1. The molecule has 6 heteroatoms. The van der Waals surface area contributed by atoms with E-state index in [1.54, 1.807) is 0 Å². The highest BCUT2D eigenvalue weighted by Crippen LogP contribution is 2.16. The first-order chi connectivity index (χ1) is 9.10. The number of hydrogen-bond acceptors (Lipinski definition) is 5. The van der Waals surface area contributed by atoms with Crippen LogP contribution in [0.4, 0.5) is 6.01 Å². The summed E-state index contributed by atoms with van der Waals surface area (Å²) in [6.45, 7) is 9.10. The molecular formula is C13H22N4O2. The summed E-state index contributed by atoms with van der Waals surface area (Å²) in [5, 5.41) is 8.00. The normalized spacial score (nSPS) is 16.2. The molecule has 0 bridgehead atoms. The first-order valence-corrected chi connectivity index (χ1v) is 6.95. The summed E-state index contributed by atoms with van der Waals surface area (Å²) in [6.07, 6.45) is 1.38. The lowest BCUT2D eigenvalue weighted by molar-refractivity contribution is -0.132. The minimum atomic E-state index is 0.245. The largest absolute Gasteiger partial charge is 0.408 e. The maximum Gasteiger partial charge on any atom is 0.318 e. The fraction of sp³-hybridized carbons (Fsp3) is 0.769. The zero-order valence-electron chi connectivity index (χ0n) is 11.9. The lowest BCUT2D eigenvalue weighted by Crippen LogP contribution is -2.49. The van der Waals surface area contributed by atoms with Crippen molar-refractivity contribution in [2.24, 2.45) is 5.92 Å². The standard InChI is InChI=1S/C13H22N4O2/c1-4-11-14-15-13(19-11)17-7-5-16(6-8-17)12(18)9-10(2)3/h10H,4-9H2,1-3H3. The van der Waals surface area contributed by atoms with Gasteiger partial charge in [-0.25, -0.2) is 0 Å². The summed E-state index contributed by atoms with van der Waals surface area (Å²) in [4.78, 5) is 15.9. The van der Waals surface area contributed by atoms with E-state index in [0.717, 1.165) is 32.6 Å². The molecule has 1 amide bonds. The minimum Gasteiger partial charge on any atom is -0.408 e. The van der Waals surface area contributed by atoms with Gasteiger partial charge in [-0.05, 0) is 5.92 Å². The van der Waals surface area contributed by atoms with Gasteiger partial charge >= 0.3 is 6.01 Å². The zero-order chi connectivity index (χ0) is 13.8. The molecule has 0 aromatic carbocycles. The van der Waals surface area contributed by atoms with Gasteiger partial charge in [-0.2, -0.15) is 0 Å². The molecule has 0 aliphatic carbocycles. The van der Waals surface area contributed by atoms with E-state index < -0.39 is 0 Å². The third-order valence-corrected chi connectivity index (χ3v) is 3.24. The first-order valence-electron chi connectivity index (χ1n) is 6.95. The molecule has 1 fully saturated rings. The van der Waals surface area contributed by atoms with Crippen LogP contribution in [0.25, 0.3) is 0 Å². The lowest BCUT2D eigenvalue weighted by atomic mass is 10.1. The highest BCUT2D eigenvalue weighted by atomic mass is 16.4. The molecule has 106 valence electrons. The van der Waals surface area contributed by atoms with Crippen molar-refractivity contribution in [2.75, 3.05) is 31.1 Å². The van der Waals surface area contributed by atoms with Gasteiger partial charge in [0.15, 0.2) is 0 Å². The molecule has 0 unspecified atom stereocenters. The lowest BCUT2D eigenvalue weighted by Gasteiger charge is -2.34. The Morgan fingerprint density at radius 2 is 1.95 bits per heavy atom. The van der Waals surface area contributed by atoms with Gasteiger partial charge < -0.3 is 14.2 Å². The molecule has 2 rings (SSSR count). The molecule has 0 radical (unpaired) electrons. The van der Waals surface area contributed by atoms with E-state index in [9.17, 15) is 4.79 Å². The average Bonchev–Trinajstić information content (AvgIpc) is 2.87. The average molecular weight is 266 g/mol. The molecule has 6 nitrogen and oxygen atoms in total. The van der Waals surface area contributed by atoms with E-state index in [1.165, 1.54) is 0 Å².